The van der Waals surface area contributed by atoms with Gasteiger partial charge in [0.25, 0.3) is 5.56 Å². The van der Waals surface area contributed by atoms with Crippen molar-refractivity contribution in [2.24, 2.45) is 0 Å². The lowest BCUT2D eigenvalue weighted by atomic mass is 10.1. The first-order valence-electron chi connectivity index (χ1n) is 8.64. The lowest BCUT2D eigenvalue weighted by molar-refractivity contribution is 0.104. The molecule has 0 spiro atoms. The molecule has 0 fully saturated rings. The smallest absolute Gasteiger partial charge is 0.335 e. The number of rotatable bonds is 6. The zero-order valence-corrected chi connectivity index (χ0v) is 16.0. The number of hydrogen-bond donors (Lipinski definition) is 2. The Hall–Kier alpha value is -4.14. The Kier molecular flexibility index (Phi) is 5.82. The zero-order chi connectivity index (χ0) is 21.8. The summed E-state index contributed by atoms with van der Waals surface area (Å²) in [6, 6.07) is 9.51. The normalized spacial score (nSPS) is 10.9. The number of benzene rings is 2. The third-order valence-corrected chi connectivity index (χ3v) is 4.27. The molecule has 0 radical (unpaired) electrons. The van der Waals surface area contributed by atoms with Gasteiger partial charge in [-0.25, -0.2) is 13.8 Å². The van der Waals surface area contributed by atoms with E-state index in [2.05, 4.69) is 0 Å². The SMILES string of the molecule is COc1ccc(/C=C/C(=O)c2c(O)n(-c3ccc(F)cc3)c(=O)[nH]c2=O)c(OC)c1. The largest absolute Gasteiger partial charge is 0.497 e. The van der Waals surface area contributed by atoms with Crippen LogP contribution in [0, 0.1) is 5.82 Å². The Labute approximate surface area is 169 Å². The summed E-state index contributed by atoms with van der Waals surface area (Å²) in [4.78, 5) is 38.9. The van der Waals surface area contributed by atoms with Gasteiger partial charge in [0, 0.05) is 11.6 Å². The van der Waals surface area contributed by atoms with Crippen molar-refractivity contribution in [3.63, 3.8) is 0 Å². The van der Waals surface area contributed by atoms with Crippen LogP contribution in [0.2, 0.25) is 0 Å². The summed E-state index contributed by atoms with van der Waals surface area (Å²) in [7, 11) is 2.95. The number of nitrogens with one attached hydrogen (secondary N) is 1. The second-order valence-electron chi connectivity index (χ2n) is 6.08. The summed E-state index contributed by atoms with van der Waals surface area (Å²) in [6.07, 6.45) is 2.46. The van der Waals surface area contributed by atoms with E-state index >= 15 is 0 Å². The van der Waals surface area contributed by atoms with Gasteiger partial charge >= 0.3 is 5.69 Å². The third-order valence-electron chi connectivity index (χ3n) is 4.27. The number of halogens is 1. The van der Waals surface area contributed by atoms with Crippen molar-refractivity contribution in [2.75, 3.05) is 14.2 Å². The number of carbonyl (C=O) groups is 1. The molecule has 0 aliphatic heterocycles. The molecule has 0 saturated carbocycles. The fourth-order valence-corrected chi connectivity index (χ4v) is 2.78. The van der Waals surface area contributed by atoms with Crippen LogP contribution in [0.1, 0.15) is 15.9 Å². The third kappa shape index (κ3) is 4.00. The minimum absolute atomic E-state index is 0.0741. The van der Waals surface area contributed by atoms with Crippen LogP contribution in [0.5, 0.6) is 17.4 Å². The summed E-state index contributed by atoms with van der Waals surface area (Å²) in [5.41, 5.74) is -2.06. The average molecular weight is 412 g/mol. The van der Waals surface area contributed by atoms with E-state index in [9.17, 15) is 23.9 Å². The highest BCUT2D eigenvalue weighted by Crippen LogP contribution is 2.26. The molecular formula is C21H17FN2O6. The van der Waals surface area contributed by atoms with Crippen LogP contribution >= 0.6 is 0 Å². The first kappa shape index (κ1) is 20.6. The van der Waals surface area contributed by atoms with E-state index in [0.717, 1.165) is 18.2 Å². The maximum Gasteiger partial charge on any atom is 0.335 e. The van der Waals surface area contributed by atoms with Gasteiger partial charge in [0.15, 0.2) is 5.78 Å². The molecule has 0 unspecified atom stereocenters. The first-order valence-corrected chi connectivity index (χ1v) is 8.64. The van der Waals surface area contributed by atoms with Crippen molar-refractivity contribution in [3.05, 3.63) is 86.3 Å². The summed E-state index contributed by atoms with van der Waals surface area (Å²) >= 11 is 0. The van der Waals surface area contributed by atoms with E-state index < -0.39 is 34.3 Å². The van der Waals surface area contributed by atoms with Crippen molar-refractivity contribution in [3.8, 4) is 23.1 Å². The van der Waals surface area contributed by atoms with Crippen LogP contribution in [0.3, 0.4) is 0 Å². The van der Waals surface area contributed by atoms with Crippen molar-refractivity contribution in [1.82, 2.24) is 9.55 Å². The number of carbonyl (C=O) groups excluding carboxylic acids is 1. The Morgan fingerprint density at radius 1 is 1.10 bits per heavy atom. The number of aromatic nitrogens is 2. The predicted molar refractivity (Wildman–Crippen MR) is 107 cm³/mol. The summed E-state index contributed by atoms with van der Waals surface area (Å²) in [5, 5.41) is 10.5. The molecule has 154 valence electrons. The number of hydrogen-bond acceptors (Lipinski definition) is 6. The fourth-order valence-electron chi connectivity index (χ4n) is 2.78. The van der Waals surface area contributed by atoms with Crippen molar-refractivity contribution in [2.45, 2.75) is 0 Å². The number of H-pyrrole nitrogens is 1. The summed E-state index contributed by atoms with van der Waals surface area (Å²) < 4.78 is 24.2. The number of ether oxygens (including phenoxy) is 2. The Bertz CT molecular complexity index is 1240. The number of ketones is 1. The molecule has 2 N–H and O–H groups in total. The van der Waals surface area contributed by atoms with E-state index in [-0.39, 0.29) is 5.69 Å². The molecule has 8 nitrogen and oxygen atoms in total. The Balaban J connectivity index is 2.04. The van der Waals surface area contributed by atoms with Crippen LogP contribution < -0.4 is 20.7 Å². The van der Waals surface area contributed by atoms with E-state index in [1.54, 1.807) is 18.2 Å². The van der Waals surface area contributed by atoms with Gasteiger partial charge in [-0.15, -0.1) is 0 Å². The molecular weight excluding hydrogens is 395 g/mol. The molecule has 0 saturated heterocycles. The lowest BCUT2D eigenvalue weighted by Crippen LogP contribution is -2.32. The number of allylic oxidation sites excluding steroid dienone is 1. The molecule has 0 bridgehead atoms. The van der Waals surface area contributed by atoms with Crippen LogP contribution in [-0.4, -0.2) is 34.7 Å². The van der Waals surface area contributed by atoms with E-state index in [1.165, 1.54) is 32.4 Å². The first-order chi connectivity index (χ1) is 14.3. The van der Waals surface area contributed by atoms with Gasteiger partial charge in [0.05, 0.1) is 19.9 Å². The van der Waals surface area contributed by atoms with Crippen LogP contribution in [0.4, 0.5) is 4.39 Å². The van der Waals surface area contributed by atoms with Gasteiger partial charge in [-0.1, -0.05) is 0 Å². The van der Waals surface area contributed by atoms with Gasteiger partial charge < -0.3 is 14.6 Å². The van der Waals surface area contributed by atoms with E-state index in [1.807, 2.05) is 4.98 Å². The predicted octanol–water partition coefficient (Wildman–Crippen LogP) is 2.28. The fraction of sp³-hybridized carbons (Fsp3) is 0.0952. The highest BCUT2D eigenvalue weighted by molar-refractivity contribution is 6.08. The van der Waals surface area contributed by atoms with Gasteiger partial charge in [-0.05, 0) is 48.6 Å². The van der Waals surface area contributed by atoms with Crippen molar-refractivity contribution >= 4 is 11.9 Å². The maximum absolute atomic E-state index is 13.2. The lowest BCUT2D eigenvalue weighted by Gasteiger charge is -2.10. The molecule has 0 aliphatic carbocycles. The molecule has 0 atom stereocenters. The molecule has 0 aliphatic rings. The average Bonchev–Trinajstić information content (AvgIpc) is 2.73. The number of nitrogens with zero attached hydrogens (tertiary/aromatic N) is 1. The molecule has 1 aromatic heterocycles. The second-order valence-corrected chi connectivity index (χ2v) is 6.08. The standard InChI is InChI=1S/C21H17FN2O6/c1-29-15-9-3-12(17(11-15)30-2)4-10-16(25)18-19(26)23-21(28)24(20(18)27)14-7-5-13(22)6-8-14/h3-11,27H,1-2H3,(H,23,26,28)/b10-4+. The maximum atomic E-state index is 13.2. The van der Waals surface area contributed by atoms with Crippen molar-refractivity contribution in [1.29, 1.82) is 0 Å². The van der Waals surface area contributed by atoms with Crippen LogP contribution in [0.25, 0.3) is 11.8 Å². The molecule has 3 aromatic rings. The summed E-state index contributed by atoms with van der Waals surface area (Å²) in [5.74, 6) is -1.28. The van der Waals surface area contributed by atoms with Crippen LogP contribution in [0.15, 0.2) is 58.1 Å². The molecule has 0 amide bonds. The number of methoxy groups -OCH3 is 2. The molecule has 30 heavy (non-hydrogen) atoms. The van der Waals surface area contributed by atoms with Gasteiger partial charge in [0.1, 0.15) is 22.9 Å². The van der Waals surface area contributed by atoms with E-state index in [4.69, 9.17) is 9.47 Å². The van der Waals surface area contributed by atoms with E-state index in [0.29, 0.717) is 21.6 Å². The minimum atomic E-state index is -1.05. The highest BCUT2D eigenvalue weighted by Gasteiger charge is 2.20. The quantitative estimate of drug-likeness (QED) is 0.475. The number of aromatic hydroxyl groups is 1. The minimum Gasteiger partial charge on any atom is -0.497 e. The van der Waals surface area contributed by atoms with Crippen LogP contribution in [-0.2, 0) is 0 Å². The van der Waals surface area contributed by atoms with Gasteiger partial charge in [-0.3, -0.25) is 14.6 Å². The molecule has 1 heterocycles. The highest BCUT2D eigenvalue weighted by atomic mass is 19.1. The van der Waals surface area contributed by atoms with Gasteiger partial charge in [-0.2, -0.15) is 0 Å². The molecule has 9 heteroatoms. The zero-order valence-electron chi connectivity index (χ0n) is 16.0. The van der Waals surface area contributed by atoms with Crippen molar-refractivity contribution < 1.29 is 23.8 Å². The topological polar surface area (TPSA) is 111 Å². The molecule has 3 rings (SSSR count). The second kappa shape index (κ2) is 8.48. The summed E-state index contributed by atoms with van der Waals surface area (Å²) in [6.45, 7) is 0. The number of aromatic amines is 1. The monoisotopic (exact) mass is 412 g/mol. The molecule has 2 aromatic carbocycles. The van der Waals surface area contributed by atoms with Gasteiger partial charge in [0.2, 0.25) is 5.88 Å². The Morgan fingerprint density at radius 3 is 2.43 bits per heavy atom. The Morgan fingerprint density at radius 2 is 1.80 bits per heavy atom.